The van der Waals surface area contributed by atoms with Gasteiger partial charge >= 0.3 is 0 Å². The van der Waals surface area contributed by atoms with Crippen molar-refractivity contribution in [3.8, 4) is 5.75 Å². The molecule has 5 heteroatoms. The fourth-order valence-corrected chi connectivity index (χ4v) is 3.24. The van der Waals surface area contributed by atoms with E-state index in [4.69, 9.17) is 10.5 Å². The Morgan fingerprint density at radius 2 is 1.55 bits per heavy atom. The smallest absolute Gasteiger partial charge is 0.139 e. The van der Waals surface area contributed by atoms with Gasteiger partial charge in [-0.25, -0.2) is 0 Å². The first-order chi connectivity index (χ1) is 9.47. The lowest BCUT2D eigenvalue weighted by Gasteiger charge is -2.23. The molecule has 0 aliphatic carbocycles. The van der Waals surface area contributed by atoms with Crippen LogP contribution in [-0.2, 0) is 0 Å². The Kier molecular flexibility index (Phi) is 5.66. The van der Waals surface area contributed by atoms with Crippen LogP contribution in [0.3, 0.4) is 0 Å². The van der Waals surface area contributed by atoms with Gasteiger partial charge in [-0.05, 0) is 58.7 Å². The van der Waals surface area contributed by atoms with Crippen molar-refractivity contribution < 1.29 is 4.74 Å². The molecule has 0 aliphatic rings. The van der Waals surface area contributed by atoms with Crippen molar-refractivity contribution in [2.45, 2.75) is 19.1 Å². The first-order valence-electron chi connectivity index (χ1n) is 6.10. The van der Waals surface area contributed by atoms with Crippen molar-refractivity contribution >= 4 is 47.8 Å². The van der Waals surface area contributed by atoms with Crippen LogP contribution in [0.5, 0.6) is 5.75 Å². The van der Waals surface area contributed by atoms with Gasteiger partial charge in [0.25, 0.3) is 0 Å². The number of benzene rings is 2. The van der Waals surface area contributed by atoms with Crippen LogP contribution in [-0.4, -0.2) is 6.04 Å². The highest BCUT2D eigenvalue weighted by molar-refractivity contribution is 9.11. The summed E-state index contributed by atoms with van der Waals surface area (Å²) >= 11 is 10.4. The second-order valence-corrected chi connectivity index (χ2v) is 7.21. The number of hydrogen-bond acceptors (Lipinski definition) is 2. The molecular weight excluding hydrogens is 450 g/mol. The van der Waals surface area contributed by atoms with Gasteiger partial charge in [-0.2, -0.15) is 0 Å². The molecule has 2 rings (SSSR count). The average molecular weight is 464 g/mol. The van der Waals surface area contributed by atoms with Crippen LogP contribution in [0.2, 0.25) is 0 Å². The Morgan fingerprint density at radius 3 is 2.10 bits per heavy atom. The predicted molar refractivity (Wildman–Crippen MR) is 93.0 cm³/mol. The zero-order valence-corrected chi connectivity index (χ0v) is 15.6. The van der Waals surface area contributed by atoms with Gasteiger partial charge in [0.1, 0.15) is 11.9 Å². The second kappa shape index (κ2) is 7.07. The number of rotatable bonds is 4. The minimum Gasteiger partial charge on any atom is -0.483 e. The van der Waals surface area contributed by atoms with Crippen LogP contribution in [0.4, 0.5) is 0 Å². The predicted octanol–water partition coefficient (Wildman–Crippen LogP) is 5.44. The first kappa shape index (κ1) is 16.0. The molecule has 2 nitrogen and oxygen atoms in total. The molecule has 0 aromatic heterocycles. The Bertz CT molecular complexity index is 584. The van der Waals surface area contributed by atoms with Gasteiger partial charge in [0.15, 0.2) is 0 Å². The molecule has 106 valence electrons. The summed E-state index contributed by atoms with van der Waals surface area (Å²) < 4.78 is 9.01. The number of ether oxygens (including phenoxy) is 1. The molecule has 2 N–H and O–H groups in total. The molecule has 0 amide bonds. The number of hydrogen-bond donors (Lipinski definition) is 1. The Balaban J connectivity index is 2.28. The first-order valence-corrected chi connectivity index (χ1v) is 8.48. The van der Waals surface area contributed by atoms with Gasteiger partial charge in [0.05, 0.1) is 4.47 Å². The third-order valence-corrected chi connectivity index (χ3v) is 4.47. The summed E-state index contributed by atoms with van der Waals surface area (Å²) in [6.07, 6.45) is -0.194. The van der Waals surface area contributed by atoms with Crippen molar-refractivity contribution in [1.29, 1.82) is 0 Å². The monoisotopic (exact) mass is 461 g/mol. The summed E-state index contributed by atoms with van der Waals surface area (Å²) in [5.41, 5.74) is 7.13. The molecule has 0 bridgehead atoms. The quantitative estimate of drug-likeness (QED) is 0.655. The Morgan fingerprint density at radius 1 is 0.950 bits per heavy atom. The third-order valence-electron chi connectivity index (χ3n) is 2.82. The molecule has 0 fully saturated rings. The molecule has 0 spiro atoms. The van der Waals surface area contributed by atoms with Crippen molar-refractivity contribution in [3.05, 3.63) is 61.4 Å². The Labute approximate surface area is 144 Å². The molecule has 0 heterocycles. The van der Waals surface area contributed by atoms with Gasteiger partial charge in [0, 0.05) is 15.0 Å². The van der Waals surface area contributed by atoms with Gasteiger partial charge in [-0.15, -0.1) is 0 Å². The lowest BCUT2D eigenvalue weighted by molar-refractivity contribution is 0.179. The molecule has 0 saturated carbocycles. The lowest BCUT2D eigenvalue weighted by atomic mass is 10.0. The fourth-order valence-electron chi connectivity index (χ4n) is 1.84. The Hall–Kier alpha value is -0.360. The molecule has 0 radical (unpaired) electrons. The van der Waals surface area contributed by atoms with Crippen LogP contribution < -0.4 is 10.5 Å². The van der Waals surface area contributed by atoms with E-state index >= 15 is 0 Å². The van der Waals surface area contributed by atoms with Gasteiger partial charge in [-0.3, -0.25) is 0 Å². The maximum absolute atomic E-state index is 6.08. The second-order valence-electron chi connectivity index (χ2n) is 4.52. The summed E-state index contributed by atoms with van der Waals surface area (Å²) in [7, 11) is 0. The highest BCUT2D eigenvalue weighted by Crippen LogP contribution is 2.33. The minimum atomic E-state index is -0.194. The van der Waals surface area contributed by atoms with E-state index in [9.17, 15) is 0 Å². The molecular formula is C15H14Br3NO. The molecule has 0 saturated heterocycles. The standard InChI is InChI=1S/C15H14Br3NO/c1-9(19)15(10-2-4-11(16)5-3-10)20-14-7-6-12(17)8-13(14)18/h2-9,15H,19H2,1H3. The van der Waals surface area contributed by atoms with Crippen molar-refractivity contribution in [2.75, 3.05) is 0 Å². The topological polar surface area (TPSA) is 35.2 Å². The zero-order valence-electron chi connectivity index (χ0n) is 10.8. The van der Waals surface area contributed by atoms with E-state index in [1.807, 2.05) is 49.4 Å². The van der Waals surface area contributed by atoms with E-state index in [0.29, 0.717) is 0 Å². The van der Waals surface area contributed by atoms with Crippen LogP contribution in [0.15, 0.2) is 55.9 Å². The average Bonchev–Trinajstić information content (AvgIpc) is 2.39. The van der Waals surface area contributed by atoms with E-state index < -0.39 is 0 Å². The maximum Gasteiger partial charge on any atom is 0.139 e. The summed E-state index contributed by atoms with van der Waals surface area (Å²) in [5, 5.41) is 0. The molecule has 2 aromatic carbocycles. The van der Waals surface area contributed by atoms with Crippen LogP contribution in [0, 0.1) is 0 Å². The van der Waals surface area contributed by atoms with Gasteiger partial charge in [0.2, 0.25) is 0 Å². The highest BCUT2D eigenvalue weighted by atomic mass is 79.9. The van der Waals surface area contributed by atoms with Crippen LogP contribution in [0.25, 0.3) is 0 Å². The van der Waals surface area contributed by atoms with E-state index in [0.717, 1.165) is 24.7 Å². The van der Waals surface area contributed by atoms with E-state index in [1.165, 1.54) is 0 Å². The van der Waals surface area contributed by atoms with E-state index in [1.54, 1.807) is 0 Å². The fraction of sp³-hybridized carbons (Fsp3) is 0.200. The largest absolute Gasteiger partial charge is 0.483 e. The zero-order chi connectivity index (χ0) is 14.7. The lowest BCUT2D eigenvalue weighted by Crippen LogP contribution is -2.29. The molecule has 20 heavy (non-hydrogen) atoms. The highest BCUT2D eigenvalue weighted by Gasteiger charge is 2.19. The number of halogens is 3. The summed E-state index contributed by atoms with van der Waals surface area (Å²) in [4.78, 5) is 0. The molecule has 2 aromatic rings. The number of nitrogens with two attached hydrogens (primary N) is 1. The SMILES string of the molecule is CC(N)C(Oc1ccc(Br)cc1Br)c1ccc(Br)cc1. The molecule has 2 unspecified atom stereocenters. The summed E-state index contributed by atoms with van der Waals surface area (Å²) in [6, 6.07) is 13.7. The van der Waals surface area contributed by atoms with Crippen molar-refractivity contribution in [2.24, 2.45) is 5.73 Å². The summed E-state index contributed by atoms with van der Waals surface area (Å²) in [6.45, 7) is 1.94. The third kappa shape index (κ3) is 4.07. The van der Waals surface area contributed by atoms with Crippen molar-refractivity contribution in [1.82, 2.24) is 0 Å². The molecule has 2 atom stereocenters. The van der Waals surface area contributed by atoms with Crippen LogP contribution in [0.1, 0.15) is 18.6 Å². The molecule has 0 aliphatic heterocycles. The van der Waals surface area contributed by atoms with E-state index in [-0.39, 0.29) is 12.1 Å². The van der Waals surface area contributed by atoms with Gasteiger partial charge in [-0.1, -0.05) is 44.0 Å². The van der Waals surface area contributed by atoms with Crippen molar-refractivity contribution in [3.63, 3.8) is 0 Å². The maximum atomic E-state index is 6.08. The normalized spacial score (nSPS) is 13.8. The summed E-state index contributed by atoms with van der Waals surface area (Å²) in [5.74, 6) is 0.776. The minimum absolute atomic E-state index is 0.119. The van der Waals surface area contributed by atoms with Crippen LogP contribution >= 0.6 is 47.8 Å². The van der Waals surface area contributed by atoms with E-state index in [2.05, 4.69) is 47.8 Å². The van der Waals surface area contributed by atoms with Gasteiger partial charge < -0.3 is 10.5 Å².